The van der Waals surface area contributed by atoms with E-state index in [-0.39, 0.29) is 12.1 Å². The Balaban J connectivity index is 1.38. The second-order valence-corrected chi connectivity index (χ2v) is 7.13. The van der Waals surface area contributed by atoms with E-state index in [0.29, 0.717) is 18.3 Å². The average molecular weight is 384 g/mol. The van der Waals surface area contributed by atoms with Crippen LogP contribution in [0, 0.1) is 0 Å². The largest absolute Gasteiger partial charge is 0.337 e. The normalized spacial score (nSPS) is 16.3. The fourth-order valence-electron chi connectivity index (χ4n) is 3.86. The van der Waals surface area contributed by atoms with Crippen LogP contribution >= 0.6 is 0 Å². The summed E-state index contributed by atoms with van der Waals surface area (Å²) in [4.78, 5) is 19.4. The highest BCUT2D eigenvalue weighted by Crippen LogP contribution is 2.33. The number of amides is 2. The zero-order valence-electron chi connectivity index (χ0n) is 15.8. The van der Waals surface area contributed by atoms with Gasteiger partial charge in [-0.15, -0.1) is 0 Å². The molecule has 0 saturated carbocycles. The number of nitrogens with one attached hydrogen (secondary N) is 1. The van der Waals surface area contributed by atoms with Gasteiger partial charge in [0.2, 0.25) is 11.7 Å². The number of hydrogen-bond acceptors (Lipinski definition) is 4. The zero-order valence-corrected chi connectivity index (χ0v) is 15.8. The number of rotatable bonds is 3. The van der Waals surface area contributed by atoms with E-state index in [9.17, 15) is 4.79 Å². The number of anilines is 1. The Hall–Kier alpha value is -3.67. The molecule has 1 aromatic heterocycles. The smallest absolute Gasteiger partial charge is 0.322 e. The second kappa shape index (κ2) is 7.39. The number of carbonyl (C=O) groups excluding carboxylic acids is 1. The van der Waals surface area contributed by atoms with Gasteiger partial charge in [-0.2, -0.15) is 4.98 Å². The molecule has 0 aliphatic carbocycles. The van der Waals surface area contributed by atoms with Gasteiger partial charge in [0.15, 0.2) is 0 Å². The highest BCUT2D eigenvalue weighted by molar-refractivity contribution is 6.01. The van der Waals surface area contributed by atoms with Crippen LogP contribution in [0.15, 0.2) is 77.3 Å². The molecule has 1 N–H and O–H groups in total. The van der Waals surface area contributed by atoms with Crippen molar-refractivity contribution in [3.05, 3.63) is 78.7 Å². The van der Waals surface area contributed by atoms with Crippen molar-refractivity contribution in [2.75, 3.05) is 11.9 Å². The van der Waals surface area contributed by atoms with Gasteiger partial charge in [-0.05, 0) is 24.3 Å². The Morgan fingerprint density at radius 3 is 2.69 bits per heavy atom. The van der Waals surface area contributed by atoms with Crippen LogP contribution in [-0.2, 0) is 0 Å². The first-order valence-corrected chi connectivity index (χ1v) is 9.74. The van der Waals surface area contributed by atoms with E-state index in [1.807, 2.05) is 72.8 Å². The van der Waals surface area contributed by atoms with Gasteiger partial charge in [-0.3, -0.25) is 0 Å². The summed E-state index contributed by atoms with van der Waals surface area (Å²) in [7, 11) is 0. The van der Waals surface area contributed by atoms with Crippen LogP contribution in [0.25, 0.3) is 22.2 Å². The van der Waals surface area contributed by atoms with Crippen molar-refractivity contribution in [1.29, 1.82) is 0 Å². The molecule has 0 bridgehead atoms. The molecule has 1 saturated heterocycles. The second-order valence-electron chi connectivity index (χ2n) is 7.13. The third-order valence-electron chi connectivity index (χ3n) is 5.30. The lowest BCUT2D eigenvalue weighted by atomic mass is 10.1. The van der Waals surface area contributed by atoms with Crippen LogP contribution in [0.2, 0.25) is 0 Å². The molecular formula is C23H20N4O2. The molecule has 1 unspecified atom stereocenters. The minimum Gasteiger partial charge on any atom is -0.337 e. The van der Waals surface area contributed by atoms with Crippen molar-refractivity contribution in [3.8, 4) is 11.4 Å². The molecule has 4 aromatic rings. The molecule has 2 amide bonds. The summed E-state index contributed by atoms with van der Waals surface area (Å²) in [6, 6.07) is 23.2. The molecule has 5 rings (SSSR count). The molecule has 6 nitrogen and oxygen atoms in total. The fourth-order valence-corrected chi connectivity index (χ4v) is 3.86. The SMILES string of the molecule is O=C(Nc1cccc2ccccc12)N1CCCC1c1nc(-c2ccccc2)no1. The Morgan fingerprint density at radius 1 is 1.00 bits per heavy atom. The molecule has 1 atom stereocenters. The van der Waals surface area contributed by atoms with E-state index < -0.39 is 0 Å². The number of likely N-dealkylation sites (tertiary alicyclic amines) is 1. The molecule has 144 valence electrons. The van der Waals surface area contributed by atoms with E-state index in [1.54, 1.807) is 4.90 Å². The third kappa shape index (κ3) is 3.33. The number of aromatic nitrogens is 2. The lowest BCUT2D eigenvalue weighted by Crippen LogP contribution is -2.34. The van der Waals surface area contributed by atoms with Crippen molar-refractivity contribution in [2.45, 2.75) is 18.9 Å². The predicted molar refractivity (Wildman–Crippen MR) is 111 cm³/mol. The van der Waals surface area contributed by atoms with Crippen LogP contribution < -0.4 is 5.32 Å². The van der Waals surface area contributed by atoms with Gasteiger partial charge >= 0.3 is 6.03 Å². The van der Waals surface area contributed by atoms with Crippen LogP contribution in [0.4, 0.5) is 10.5 Å². The number of benzene rings is 3. The van der Waals surface area contributed by atoms with E-state index >= 15 is 0 Å². The Kier molecular flexibility index (Phi) is 4.44. The molecule has 6 heteroatoms. The summed E-state index contributed by atoms with van der Waals surface area (Å²) in [6.07, 6.45) is 1.70. The summed E-state index contributed by atoms with van der Waals surface area (Å²) < 4.78 is 5.52. The maximum Gasteiger partial charge on any atom is 0.322 e. The quantitative estimate of drug-likeness (QED) is 0.523. The third-order valence-corrected chi connectivity index (χ3v) is 5.30. The van der Waals surface area contributed by atoms with Gasteiger partial charge in [0.25, 0.3) is 0 Å². The first-order chi connectivity index (χ1) is 14.3. The van der Waals surface area contributed by atoms with Gasteiger partial charge < -0.3 is 14.7 Å². The maximum atomic E-state index is 13.0. The van der Waals surface area contributed by atoms with Crippen molar-refractivity contribution in [3.63, 3.8) is 0 Å². The number of nitrogens with zero attached hydrogens (tertiary/aromatic N) is 3. The van der Waals surface area contributed by atoms with Gasteiger partial charge in [0, 0.05) is 17.5 Å². The minimum atomic E-state index is -0.213. The van der Waals surface area contributed by atoms with Crippen molar-refractivity contribution in [1.82, 2.24) is 15.0 Å². The Bertz CT molecular complexity index is 1150. The molecule has 2 heterocycles. The van der Waals surface area contributed by atoms with Crippen LogP contribution in [-0.4, -0.2) is 27.6 Å². The van der Waals surface area contributed by atoms with E-state index in [0.717, 1.165) is 34.9 Å². The molecule has 1 fully saturated rings. The van der Waals surface area contributed by atoms with Crippen LogP contribution in [0.3, 0.4) is 0 Å². The lowest BCUT2D eigenvalue weighted by molar-refractivity contribution is 0.193. The molecule has 1 aliphatic heterocycles. The molecule has 29 heavy (non-hydrogen) atoms. The molecule has 0 radical (unpaired) electrons. The molecule has 0 spiro atoms. The van der Waals surface area contributed by atoms with Gasteiger partial charge in [-0.1, -0.05) is 71.9 Å². The highest BCUT2D eigenvalue weighted by atomic mass is 16.5. The summed E-state index contributed by atoms with van der Waals surface area (Å²) in [6.45, 7) is 0.657. The van der Waals surface area contributed by atoms with Crippen molar-refractivity contribution < 1.29 is 9.32 Å². The first-order valence-electron chi connectivity index (χ1n) is 9.74. The first kappa shape index (κ1) is 17.4. The van der Waals surface area contributed by atoms with Crippen LogP contribution in [0.1, 0.15) is 24.8 Å². The summed E-state index contributed by atoms with van der Waals surface area (Å²) in [5.41, 5.74) is 1.70. The van der Waals surface area contributed by atoms with Gasteiger partial charge in [0.1, 0.15) is 6.04 Å². The van der Waals surface area contributed by atoms with Crippen molar-refractivity contribution in [2.24, 2.45) is 0 Å². The van der Waals surface area contributed by atoms with Crippen molar-refractivity contribution >= 4 is 22.5 Å². The fraction of sp³-hybridized carbons (Fsp3) is 0.174. The Labute approximate surface area is 168 Å². The number of hydrogen-bond donors (Lipinski definition) is 1. The predicted octanol–water partition coefficient (Wildman–Crippen LogP) is 5.26. The molecule has 1 aliphatic rings. The zero-order chi connectivity index (χ0) is 19.6. The minimum absolute atomic E-state index is 0.150. The van der Waals surface area contributed by atoms with Gasteiger partial charge in [-0.25, -0.2) is 4.79 Å². The summed E-state index contributed by atoms with van der Waals surface area (Å²) in [5.74, 6) is 1.02. The molecule has 3 aromatic carbocycles. The highest BCUT2D eigenvalue weighted by Gasteiger charge is 2.34. The average Bonchev–Trinajstić information content (AvgIpc) is 3.44. The number of fused-ring (bicyclic) bond motifs is 1. The molecular weight excluding hydrogens is 364 g/mol. The van der Waals surface area contributed by atoms with Gasteiger partial charge in [0.05, 0.1) is 5.69 Å². The number of carbonyl (C=O) groups is 1. The Morgan fingerprint density at radius 2 is 1.79 bits per heavy atom. The van der Waals surface area contributed by atoms with Crippen LogP contribution in [0.5, 0.6) is 0 Å². The number of urea groups is 1. The monoisotopic (exact) mass is 384 g/mol. The summed E-state index contributed by atoms with van der Waals surface area (Å²) >= 11 is 0. The lowest BCUT2D eigenvalue weighted by Gasteiger charge is -2.22. The van der Waals surface area contributed by atoms with E-state index in [1.165, 1.54) is 0 Å². The summed E-state index contributed by atoms with van der Waals surface area (Å²) in [5, 5.41) is 9.27. The van der Waals surface area contributed by atoms with E-state index in [4.69, 9.17) is 4.52 Å². The standard InChI is InChI=1S/C23H20N4O2/c28-23(24-19-13-6-11-16-8-4-5-12-18(16)19)27-15-7-14-20(27)22-25-21(26-29-22)17-9-2-1-3-10-17/h1-6,8-13,20H,7,14-15H2,(H,24,28). The maximum absolute atomic E-state index is 13.0. The van der Waals surface area contributed by atoms with E-state index in [2.05, 4.69) is 15.5 Å². The topological polar surface area (TPSA) is 71.3 Å².